The van der Waals surface area contributed by atoms with Gasteiger partial charge in [0.15, 0.2) is 11.6 Å². The van der Waals surface area contributed by atoms with Crippen LogP contribution in [0.1, 0.15) is 59.5 Å². The first kappa shape index (κ1) is 42.0. The summed E-state index contributed by atoms with van der Waals surface area (Å²) in [5.74, 6) is -2.37. The van der Waals surface area contributed by atoms with E-state index in [1.54, 1.807) is 11.0 Å². The molecule has 58 heavy (non-hydrogen) atoms. The number of aryl methyl sites for hydroxylation is 1. The third-order valence-corrected chi connectivity index (χ3v) is 12.3. The lowest BCUT2D eigenvalue weighted by molar-refractivity contribution is -0.118. The fraction of sp³-hybridized carbons (Fsp3) is 0.211. The minimum atomic E-state index is -5.31. The predicted molar refractivity (Wildman–Crippen MR) is 213 cm³/mol. The normalized spacial score (nSPS) is 13.0. The standard InChI is InChI=1S/C38H36N4O13S3/c1-19(2)42(20(3)4)18-31(43)40-27-16-26(29(57(50,51)52)17-30(27)58(53,54)55)39-25-13-14-28-34-32(23-11-6-7-12-24(23)37(45)33(25)34)35(38(46)41(28)5)36(44)21-9-8-10-22(15-21)56(47,48)49/h6-17,19-20,39H,18H2,1-5H3,(H,40,43)(H,47,48,49)(H,50,51,52)(H,53,54,55). The van der Waals surface area contributed by atoms with Crippen molar-refractivity contribution in [2.75, 3.05) is 17.2 Å². The second-order valence-corrected chi connectivity index (χ2v) is 18.2. The maximum absolute atomic E-state index is 14.5. The molecule has 0 fully saturated rings. The second kappa shape index (κ2) is 15.0. The highest BCUT2D eigenvalue weighted by molar-refractivity contribution is 7.87. The van der Waals surface area contributed by atoms with Gasteiger partial charge in [0.25, 0.3) is 35.9 Å². The van der Waals surface area contributed by atoms with Gasteiger partial charge in [0.05, 0.1) is 45.1 Å². The van der Waals surface area contributed by atoms with Gasteiger partial charge < -0.3 is 15.2 Å². The number of hydrogen-bond acceptors (Lipinski definition) is 12. The first-order valence-corrected chi connectivity index (χ1v) is 21.7. The van der Waals surface area contributed by atoms with Crippen molar-refractivity contribution in [3.63, 3.8) is 0 Å². The van der Waals surface area contributed by atoms with E-state index >= 15 is 0 Å². The molecule has 17 nitrogen and oxygen atoms in total. The van der Waals surface area contributed by atoms with Gasteiger partial charge in [-0.25, -0.2) is 0 Å². The van der Waals surface area contributed by atoms with E-state index in [2.05, 4.69) is 10.6 Å². The summed E-state index contributed by atoms with van der Waals surface area (Å²) in [4.78, 5) is 55.1. The van der Waals surface area contributed by atoms with Crippen LogP contribution in [0.2, 0.25) is 0 Å². The molecule has 0 saturated heterocycles. The van der Waals surface area contributed by atoms with E-state index in [9.17, 15) is 58.1 Å². The number of rotatable bonds is 12. The number of fused-ring (bicyclic) bond motifs is 2. The van der Waals surface area contributed by atoms with Crippen LogP contribution in [0, 0.1) is 0 Å². The maximum Gasteiger partial charge on any atom is 0.296 e. The van der Waals surface area contributed by atoms with Gasteiger partial charge in [-0.15, -0.1) is 0 Å². The summed E-state index contributed by atoms with van der Waals surface area (Å²) in [6, 6.07) is 14.1. The molecule has 0 spiro atoms. The van der Waals surface area contributed by atoms with Gasteiger partial charge >= 0.3 is 0 Å². The summed E-state index contributed by atoms with van der Waals surface area (Å²) in [6.45, 7) is 7.09. The average molecular weight is 853 g/mol. The molecular weight excluding hydrogens is 817 g/mol. The van der Waals surface area contributed by atoms with E-state index in [4.69, 9.17) is 0 Å². The molecule has 1 aliphatic carbocycles. The van der Waals surface area contributed by atoms with E-state index in [0.29, 0.717) is 6.07 Å². The average Bonchev–Trinajstić information content (AvgIpc) is 3.12. The number of pyridine rings is 1. The highest BCUT2D eigenvalue weighted by Gasteiger charge is 2.35. The molecule has 0 radical (unpaired) electrons. The van der Waals surface area contributed by atoms with Crippen molar-refractivity contribution in [2.24, 2.45) is 7.05 Å². The lowest BCUT2D eigenvalue weighted by Gasteiger charge is -2.29. The largest absolute Gasteiger partial charge is 0.354 e. The molecule has 0 aliphatic heterocycles. The Bertz CT molecular complexity index is 3000. The lowest BCUT2D eigenvalue weighted by Crippen LogP contribution is -2.42. The molecule has 0 bridgehead atoms. The zero-order valence-corrected chi connectivity index (χ0v) is 33.8. The molecule has 0 atom stereocenters. The summed E-state index contributed by atoms with van der Waals surface area (Å²) in [6.07, 6.45) is 0. The maximum atomic E-state index is 14.5. The van der Waals surface area contributed by atoms with Crippen LogP contribution in [0.4, 0.5) is 17.1 Å². The number of hydrogen-bond donors (Lipinski definition) is 5. The number of nitrogens with zero attached hydrogens (tertiary/aromatic N) is 2. The highest BCUT2D eigenvalue weighted by atomic mass is 32.2. The van der Waals surface area contributed by atoms with E-state index in [1.807, 2.05) is 27.7 Å². The summed E-state index contributed by atoms with van der Waals surface area (Å²) >= 11 is 0. The lowest BCUT2D eigenvalue weighted by atomic mass is 9.80. The van der Waals surface area contributed by atoms with Crippen LogP contribution < -0.4 is 16.2 Å². The zero-order valence-electron chi connectivity index (χ0n) is 31.3. The van der Waals surface area contributed by atoms with Crippen molar-refractivity contribution in [1.82, 2.24) is 9.47 Å². The predicted octanol–water partition coefficient (Wildman–Crippen LogP) is 4.52. The molecule has 0 unspecified atom stereocenters. The van der Waals surface area contributed by atoms with Crippen LogP contribution in [-0.2, 0) is 42.2 Å². The molecule has 5 N–H and O–H groups in total. The van der Waals surface area contributed by atoms with Crippen LogP contribution in [0.5, 0.6) is 0 Å². The van der Waals surface area contributed by atoms with E-state index in [0.717, 1.165) is 22.8 Å². The quantitative estimate of drug-likeness (QED) is 0.0837. The van der Waals surface area contributed by atoms with Crippen LogP contribution in [-0.4, -0.2) is 84.5 Å². The molecule has 1 amide bonds. The number of ketones is 2. The number of aromatic nitrogens is 1. The molecule has 6 rings (SSSR count). The molecule has 0 saturated carbocycles. The molecular formula is C38H36N4O13S3. The van der Waals surface area contributed by atoms with Gasteiger partial charge in [-0.2, -0.15) is 25.3 Å². The highest BCUT2D eigenvalue weighted by Crippen LogP contribution is 2.45. The number of carbonyl (C=O) groups is 3. The SMILES string of the molecule is CC(C)N(CC(=O)Nc1cc(Nc2ccc3c4c2C(=O)c2ccccc2-c4c(C(=O)c2cccc(S(=O)(=O)O)c2)c(=O)n3C)c(S(=O)(=O)O)cc1S(=O)(=O)O)C(C)C. The molecule has 1 heterocycles. The Balaban J connectivity index is 1.62. The van der Waals surface area contributed by atoms with Crippen LogP contribution in [0.25, 0.3) is 22.0 Å². The Labute approximate surface area is 332 Å². The van der Waals surface area contributed by atoms with Crippen LogP contribution in [0.15, 0.2) is 92.3 Å². The van der Waals surface area contributed by atoms with E-state index in [-0.39, 0.29) is 63.0 Å². The Kier molecular flexibility index (Phi) is 10.8. The van der Waals surface area contributed by atoms with E-state index in [1.165, 1.54) is 49.5 Å². The minimum absolute atomic E-state index is 0.00377. The number of benzene rings is 4. The second-order valence-electron chi connectivity index (χ2n) is 14.0. The third kappa shape index (κ3) is 7.69. The fourth-order valence-electron chi connectivity index (χ4n) is 7.07. The molecule has 5 aromatic rings. The van der Waals surface area contributed by atoms with Gasteiger partial charge in [0.2, 0.25) is 5.91 Å². The molecule has 1 aromatic heterocycles. The van der Waals surface area contributed by atoms with Gasteiger partial charge in [0.1, 0.15) is 9.79 Å². The molecule has 304 valence electrons. The Morgan fingerprint density at radius 1 is 0.707 bits per heavy atom. The van der Waals surface area contributed by atoms with Crippen molar-refractivity contribution in [2.45, 2.75) is 54.5 Å². The summed E-state index contributed by atoms with van der Waals surface area (Å²) in [5, 5.41) is 5.18. The topological polar surface area (TPSA) is 264 Å². The van der Waals surface area contributed by atoms with Crippen molar-refractivity contribution >= 4 is 75.8 Å². The van der Waals surface area contributed by atoms with Gasteiger partial charge in [-0.1, -0.05) is 36.4 Å². The summed E-state index contributed by atoms with van der Waals surface area (Å²) in [7, 11) is -14.0. The first-order chi connectivity index (χ1) is 26.9. The third-order valence-electron chi connectivity index (χ3n) is 9.69. The zero-order chi connectivity index (χ0) is 42.8. The Morgan fingerprint density at radius 3 is 1.90 bits per heavy atom. The fourth-order valence-corrected chi connectivity index (χ4v) is 8.98. The van der Waals surface area contributed by atoms with E-state index < -0.39 is 85.0 Å². The summed E-state index contributed by atoms with van der Waals surface area (Å²) < 4.78 is 106. The number of nitrogens with one attached hydrogen (secondary N) is 2. The molecule has 20 heteroatoms. The Hall–Kier alpha value is -5.61. The first-order valence-electron chi connectivity index (χ1n) is 17.3. The number of anilines is 3. The van der Waals surface area contributed by atoms with Gasteiger partial charge in [0, 0.05) is 41.2 Å². The monoisotopic (exact) mass is 852 g/mol. The van der Waals surface area contributed by atoms with Crippen molar-refractivity contribution in [3.05, 3.63) is 105 Å². The van der Waals surface area contributed by atoms with Crippen molar-refractivity contribution < 1.29 is 53.3 Å². The molecule has 4 aromatic carbocycles. The minimum Gasteiger partial charge on any atom is -0.354 e. The Morgan fingerprint density at radius 2 is 1.31 bits per heavy atom. The van der Waals surface area contributed by atoms with Crippen LogP contribution in [0.3, 0.4) is 0 Å². The number of amides is 1. The van der Waals surface area contributed by atoms with Gasteiger partial charge in [-0.3, -0.25) is 37.7 Å². The van der Waals surface area contributed by atoms with Crippen LogP contribution >= 0.6 is 0 Å². The smallest absolute Gasteiger partial charge is 0.296 e. The number of carbonyl (C=O) groups excluding carboxylic acids is 3. The van der Waals surface area contributed by atoms with Crippen molar-refractivity contribution in [1.29, 1.82) is 0 Å². The van der Waals surface area contributed by atoms with Crippen molar-refractivity contribution in [3.8, 4) is 11.1 Å². The summed E-state index contributed by atoms with van der Waals surface area (Å²) in [5.41, 5.74) is -2.81. The molecule has 1 aliphatic rings. The van der Waals surface area contributed by atoms with Gasteiger partial charge in [-0.05, 0) is 69.7 Å².